The summed E-state index contributed by atoms with van der Waals surface area (Å²) in [6.45, 7) is 7.45. The van der Waals surface area contributed by atoms with E-state index in [9.17, 15) is 14.0 Å². The van der Waals surface area contributed by atoms with Crippen LogP contribution in [0, 0.1) is 11.7 Å². The molecule has 7 heteroatoms. The Labute approximate surface area is 201 Å². The molecule has 0 spiro atoms. The van der Waals surface area contributed by atoms with Crippen molar-refractivity contribution in [2.45, 2.75) is 45.3 Å². The third-order valence-electron chi connectivity index (χ3n) is 6.64. The molecule has 2 atom stereocenters. The molecule has 1 fully saturated rings. The molecule has 1 N–H and O–H groups in total. The first kappa shape index (κ1) is 24.4. The predicted molar refractivity (Wildman–Crippen MR) is 128 cm³/mol. The Morgan fingerprint density at radius 1 is 1.09 bits per heavy atom. The second-order valence-electron chi connectivity index (χ2n) is 9.57. The van der Waals surface area contributed by atoms with E-state index in [-0.39, 0.29) is 29.6 Å². The molecule has 4 rings (SSSR count). The van der Waals surface area contributed by atoms with Gasteiger partial charge in [0.05, 0.1) is 19.3 Å². The lowest BCUT2D eigenvalue weighted by Crippen LogP contribution is -2.54. The molecule has 2 aliphatic rings. The monoisotopic (exact) mass is 467 g/mol. The van der Waals surface area contributed by atoms with Gasteiger partial charge in [0.1, 0.15) is 11.9 Å². The van der Waals surface area contributed by atoms with Crippen molar-refractivity contribution < 1.29 is 18.7 Å². The summed E-state index contributed by atoms with van der Waals surface area (Å²) in [5, 5.41) is 3.10. The molecule has 0 aliphatic carbocycles. The summed E-state index contributed by atoms with van der Waals surface area (Å²) >= 11 is 0. The maximum absolute atomic E-state index is 14.0. The number of carbonyl (C=O) groups is 2. The van der Waals surface area contributed by atoms with Gasteiger partial charge in [-0.1, -0.05) is 50.2 Å². The summed E-state index contributed by atoms with van der Waals surface area (Å²) in [7, 11) is 0. The molecule has 2 unspecified atom stereocenters. The highest BCUT2D eigenvalue weighted by atomic mass is 19.1. The van der Waals surface area contributed by atoms with Crippen LogP contribution in [0.25, 0.3) is 0 Å². The number of nitrogens with one attached hydrogen (secondary N) is 1. The van der Waals surface area contributed by atoms with Crippen molar-refractivity contribution in [3.05, 3.63) is 71.0 Å². The van der Waals surface area contributed by atoms with Gasteiger partial charge in [0.2, 0.25) is 11.8 Å². The van der Waals surface area contributed by atoms with Crippen LogP contribution in [0.4, 0.5) is 4.39 Å². The Morgan fingerprint density at radius 2 is 1.82 bits per heavy atom. The molecule has 2 aliphatic heterocycles. The van der Waals surface area contributed by atoms with Crippen molar-refractivity contribution in [2.24, 2.45) is 5.92 Å². The van der Waals surface area contributed by atoms with Crippen LogP contribution in [0.2, 0.25) is 0 Å². The molecule has 2 amide bonds. The number of hydrogen-bond acceptors (Lipinski definition) is 4. The zero-order chi connectivity index (χ0) is 24.1. The van der Waals surface area contributed by atoms with Crippen LogP contribution in [-0.2, 0) is 27.3 Å². The summed E-state index contributed by atoms with van der Waals surface area (Å²) < 4.78 is 19.5. The van der Waals surface area contributed by atoms with Gasteiger partial charge in [0.25, 0.3) is 0 Å². The number of morpholine rings is 1. The number of ether oxygens (including phenoxy) is 1. The zero-order valence-corrected chi connectivity index (χ0v) is 20.0. The fourth-order valence-electron chi connectivity index (χ4n) is 4.86. The van der Waals surface area contributed by atoms with Crippen LogP contribution in [-0.4, -0.2) is 60.5 Å². The Kier molecular flexibility index (Phi) is 7.95. The van der Waals surface area contributed by atoms with E-state index in [0.29, 0.717) is 52.2 Å². The highest BCUT2D eigenvalue weighted by Gasteiger charge is 2.35. The molecule has 0 saturated carbocycles. The molecular formula is C27H34FN3O3. The Bertz CT molecular complexity index is 1010. The second-order valence-corrected chi connectivity index (χ2v) is 9.57. The van der Waals surface area contributed by atoms with Gasteiger partial charge in [-0.25, -0.2) is 4.39 Å². The Morgan fingerprint density at radius 3 is 2.53 bits per heavy atom. The van der Waals surface area contributed by atoms with Crippen LogP contribution in [0.15, 0.2) is 48.5 Å². The first-order valence-corrected chi connectivity index (χ1v) is 12.1. The van der Waals surface area contributed by atoms with Gasteiger partial charge < -0.3 is 15.0 Å². The molecule has 34 heavy (non-hydrogen) atoms. The fraction of sp³-hybridized carbons (Fsp3) is 0.481. The normalized spacial score (nSPS) is 19.5. The molecular weight excluding hydrogens is 433 g/mol. The number of rotatable bonds is 7. The topological polar surface area (TPSA) is 61.9 Å². The number of hydrogen-bond donors (Lipinski definition) is 1. The van der Waals surface area contributed by atoms with Gasteiger partial charge in [0.15, 0.2) is 0 Å². The molecule has 0 radical (unpaired) electrons. The van der Waals surface area contributed by atoms with E-state index in [0.717, 1.165) is 16.7 Å². The fourth-order valence-corrected chi connectivity index (χ4v) is 4.86. The molecule has 182 valence electrons. The maximum Gasteiger partial charge on any atom is 0.243 e. The standard InChI is InChI=1S/C27H34FN3O3/c1-19(2)14-26(32)31-18-22-7-4-3-6-20(22)16-24(31)27(33)29-17-25(30-10-12-34-13-11-30)21-8-5-9-23(28)15-21/h3-9,15,19,24-25H,10-14,16-18H2,1-2H3,(H,29,33). The molecule has 0 aromatic heterocycles. The summed E-state index contributed by atoms with van der Waals surface area (Å²) in [4.78, 5) is 30.5. The number of fused-ring (bicyclic) bond motifs is 1. The minimum atomic E-state index is -0.556. The van der Waals surface area contributed by atoms with E-state index in [4.69, 9.17) is 4.74 Å². The van der Waals surface area contributed by atoms with Crippen molar-refractivity contribution in [2.75, 3.05) is 32.8 Å². The molecule has 6 nitrogen and oxygen atoms in total. The third kappa shape index (κ3) is 5.83. The van der Waals surface area contributed by atoms with Crippen LogP contribution in [0.1, 0.15) is 43.0 Å². The number of carbonyl (C=O) groups excluding carboxylic acids is 2. The van der Waals surface area contributed by atoms with E-state index >= 15 is 0 Å². The van der Waals surface area contributed by atoms with E-state index in [1.807, 2.05) is 44.2 Å². The lowest BCUT2D eigenvalue weighted by atomic mass is 9.92. The number of halogens is 1. The van der Waals surface area contributed by atoms with Crippen molar-refractivity contribution in [3.63, 3.8) is 0 Å². The minimum absolute atomic E-state index is 0.000451. The second kappa shape index (κ2) is 11.1. The van der Waals surface area contributed by atoms with Crippen molar-refractivity contribution in [3.8, 4) is 0 Å². The van der Waals surface area contributed by atoms with E-state index in [1.165, 1.54) is 12.1 Å². The highest BCUT2D eigenvalue weighted by Crippen LogP contribution is 2.26. The Hall–Kier alpha value is -2.77. The SMILES string of the molecule is CC(C)CC(=O)N1Cc2ccccc2CC1C(=O)NCC(c1cccc(F)c1)N1CCOCC1. The molecule has 2 heterocycles. The van der Waals surface area contributed by atoms with Crippen LogP contribution < -0.4 is 5.32 Å². The quantitative estimate of drug-likeness (QED) is 0.679. The summed E-state index contributed by atoms with van der Waals surface area (Å²) in [6, 6.07) is 13.8. The average molecular weight is 468 g/mol. The average Bonchev–Trinajstić information content (AvgIpc) is 2.83. The summed E-state index contributed by atoms with van der Waals surface area (Å²) in [6.07, 6.45) is 0.902. The lowest BCUT2D eigenvalue weighted by Gasteiger charge is -2.38. The minimum Gasteiger partial charge on any atom is -0.379 e. The van der Waals surface area contributed by atoms with Crippen molar-refractivity contribution >= 4 is 11.8 Å². The van der Waals surface area contributed by atoms with E-state index in [2.05, 4.69) is 10.2 Å². The van der Waals surface area contributed by atoms with E-state index in [1.54, 1.807) is 11.0 Å². The van der Waals surface area contributed by atoms with Gasteiger partial charge in [-0.05, 0) is 34.7 Å². The van der Waals surface area contributed by atoms with Crippen LogP contribution in [0.5, 0.6) is 0 Å². The number of amides is 2. The van der Waals surface area contributed by atoms with Gasteiger partial charge in [0, 0.05) is 39.0 Å². The highest BCUT2D eigenvalue weighted by molar-refractivity contribution is 5.88. The smallest absolute Gasteiger partial charge is 0.243 e. The number of benzene rings is 2. The van der Waals surface area contributed by atoms with Gasteiger partial charge in [-0.3, -0.25) is 14.5 Å². The van der Waals surface area contributed by atoms with Gasteiger partial charge >= 0.3 is 0 Å². The van der Waals surface area contributed by atoms with Gasteiger partial charge in [-0.2, -0.15) is 0 Å². The summed E-state index contributed by atoms with van der Waals surface area (Å²) in [5.41, 5.74) is 3.02. The molecule has 2 aromatic rings. The maximum atomic E-state index is 14.0. The largest absolute Gasteiger partial charge is 0.379 e. The number of nitrogens with zero attached hydrogens (tertiary/aromatic N) is 2. The van der Waals surface area contributed by atoms with Crippen molar-refractivity contribution in [1.29, 1.82) is 0 Å². The zero-order valence-electron chi connectivity index (χ0n) is 20.0. The van der Waals surface area contributed by atoms with Gasteiger partial charge in [-0.15, -0.1) is 0 Å². The first-order chi connectivity index (χ1) is 16.4. The molecule has 0 bridgehead atoms. The first-order valence-electron chi connectivity index (χ1n) is 12.1. The summed E-state index contributed by atoms with van der Waals surface area (Å²) in [5.74, 6) is -0.246. The molecule has 2 aromatic carbocycles. The van der Waals surface area contributed by atoms with Crippen molar-refractivity contribution in [1.82, 2.24) is 15.1 Å². The van der Waals surface area contributed by atoms with Crippen LogP contribution in [0.3, 0.4) is 0 Å². The third-order valence-corrected chi connectivity index (χ3v) is 6.64. The van der Waals surface area contributed by atoms with Crippen LogP contribution >= 0.6 is 0 Å². The molecule has 1 saturated heterocycles. The van der Waals surface area contributed by atoms with E-state index < -0.39 is 6.04 Å². The predicted octanol–water partition coefficient (Wildman–Crippen LogP) is 3.31. The Balaban J connectivity index is 1.52. The lowest BCUT2D eigenvalue weighted by molar-refractivity contribution is -0.142.